The van der Waals surface area contributed by atoms with E-state index in [9.17, 15) is 9.90 Å². The smallest absolute Gasteiger partial charge is 0.251 e. The van der Waals surface area contributed by atoms with E-state index in [1.165, 1.54) is 6.42 Å². The highest BCUT2D eigenvalue weighted by atomic mass is 16.3. The molecule has 1 fully saturated rings. The molecule has 1 aromatic carbocycles. The van der Waals surface area contributed by atoms with Gasteiger partial charge in [-0.1, -0.05) is 38.0 Å². The van der Waals surface area contributed by atoms with Crippen molar-refractivity contribution in [1.29, 1.82) is 0 Å². The molecule has 1 aliphatic rings. The Labute approximate surface area is 108 Å². The van der Waals surface area contributed by atoms with Crippen molar-refractivity contribution in [3.63, 3.8) is 0 Å². The molecule has 0 saturated heterocycles. The van der Waals surface area contributed by atoms with Gasteiger partial charge in [0, 0.05) is 5.56 Å². The standard InChI is InChI=1S/C15H21NO2/c1-12-6-5-9-15(10-12,11-17)16-14(18)13-7-3-2-4-8-13/h2-4,7-8,12,17H,5-6,9-11H2,1H3,(H,16,18). The third-order valence-corrected chi connectivity index (χ3v) is 3.81. The Morgan fingerprint density at radius 1 is 1.44 bits per heavy atom. The fraction of sp³-hybridized carbons (Fsp3) is 0.533. The molecule has 1 saturated carbocycles. The van der Waals surface area contributed by atoms with Gasteiger partial charge in [-0.15, -0.1) is 0 Å². The fourth-order valence-corrected chi connectivity index (χ4v) is 2.86. The van der Waals surface area contributed by atoms with E-state index in [0.717, 1.165) is 19.3 Å². The molecule has 2 atom stereocenters. The van der Waals surface area contributed by atoms with Crippen LogP contribution in [0.4, 0.5) is 0 Å². The zero-order valence-electron chi connectivity index (χ0n) is 10.9. The summed E-state index contributed by atoms with van der Waals surface area (Å²) in [4.78, 5) is 12.2. The van der Waals surface area contributed by atoms with Crippen molar-refractivity contribution in [3.05, 3.63) is 35.9 Å². The summed E-state index contributed by atoms with van der Waals surface area (Å²) in [6.07, 6.45) is 3.98. The quantitative estimate of drug-likeness (QED) is 0.861. The lowest BCUT2D eigenvalue weighted by molar-refractivity contribution is 0.0697. The van der Waals surface area contributed by atoms with Crippen LogP contribution in [0.2, 0.25) is 0 Å². The molecule has 3 nitrogen and oxygen atoms in total. The molecule has 1 amide bonds. The maximum Gasteiger partial charge on any atom is 0.251 e. The van der Waals surface area contributed by atoms with Crippen LogP contribution in [-0.2, 0) is 0 Å². The van der Waals surface area contributed by atoms with Gasteiger partial charge in [0.2, 0.25) is 0 Å². The Balaban J connectivity index is 2.08. The first-order valence-corrected chi connectivity index (χ1v) is 6.64. The summed E-state index contributed by atoms with van der Waals surface area (Å²) < 4.78 is 0. The van der Waals surface area contributed by atoms with Crippen molar-refractivity contribution in [3.8, 4) is 0 Å². The van der Waals surface area contributed by atoms with Gasteiger partial charge in [-0.2, -0.15) is 0 Å². The zero-order valence-corrected chi connectivity index (χ0v) is 10.9. The Hall–Kier alpha value is -1.35. The summed E-state index contributed by atoms with van der Waals surface area (Å²) in [5, 5.41) is 12.7. The molecule has 0 radical (unpaired) electrons. The number of hydrogen-bond donors (Lipinski definition) is 2. The number of carbonyl (C=O) groups is 1. The van der Waals surface area contributed by atoms with Crippen LogP contribution < -0.4 is 5.32 Å². The van der Waals surface area contributed by atoms with E-state index in [1.54, 1.807) is 12.1 Å². The zero-order chi connectivity index (χ0) is 13.0. The van der Waals surface area contributed by atoms with Crippen LogP contribution in [0.1, 0.15) is 43.0 Å². The highest BCUT2D eigenvalue weighted by Gasteiger charge is 2.35. The molecule has 0 heterocycles. The molecule has 0 spiro atoms. The van der Waals surface area contributed by atoms with E-state index in [4.69, 9.17) is 0 Å². The van der Waals surface area contributed by atoms with Crippen molar-refractivity contribution in [2.45, 2.75) is 38.1 Å². The van der Waals surface area contributed by atoms with Crippen LogP contribution in [0, 0.1) is 5.92 Å². The first-order chi connectivity index (χ1) is 8.65. The number of aliphatic hydroxyl groups is 1. The van der Waals surface area contributed by atoms with Gasteiger partial charge in [0.15, 0.2) is 0 Å². The summed E-state index contributed by atoms with van der Waals surface area (Å²) in [6, 6.07) is 9.19. The van der Waals surface area contributed by atoms with Crippen LogP contribution in [0.15, 0.2) is 30.3 Å². The summed E-state index contributed by atoms with van der Waals surface area (Å²) in [7, 11) is 0. The fourth-order valence-electron chi connectivity index (χ4n) is 2.86. The topological polar surface area (TPSA) is 49.3 Å². The predicted octanol–water partition coefficient (Wildman–Crippen LogP) is 2.36. The first kappa shape index (κ1) is 13.1. The second kappa shape index (κ2) is 5.53. The summed E-state index contributed by atoms with van der Waals surface area (Å²) in [6.45, 7) is 2.20. The van der Waals surface area contributed by atoms with Crippen LogP contribution in [0.5, 0.6) is 0 Å². The second-order valence-corrected chi connectivity index (χ2v) is 5.46. The van der Waals surface area contributed by atoms with Crippen molar-refractivity contribution in [1.82, 2.24) is 5.32 Å². The molecule has 3 heteroatoms. The second-order valence-electron chi connectivity index (χ2n) is 5.46. The van der Waals surface area contributed by atoms with Crippen LogP contribution in [0.3, 0.4) is 0 Å². The van der Waals surface area contributed by atoms with E-state index in [-0.39, 0.29) is 12.5 Å². The molecule has 1 aromatic rings. The van der Waals surface area contributed by atoms with Gasteiger partial charge in [-0.25, -0.2) is 0 Å². The maximum atomic E-state index is 12.2. The average Bonchev–Trinajstić information content (AvgIpc) is 2.39. The number of carbonyl (C=O) groups excluding carboxylic acids is 1. The molecule has 2 N–H and O–H groups in total. The van der Waals surface area contributed by atoms with Crippen LogP contribution in [-0.4, -0.2) is 23.2 Å². The predicted molar refractivity (Wildman–Crippen MR) is 71.4 cm³/mol. The number of nitrogens with one attached hydrogen (secondary N) is 1. The third kappa shape index (κ3) is 2.91. The van der Waals surface area contributed by atoms with Gasteiger partial charge in [0.1, 0.15) is 0 Å². The normalized spacial score (nSPS) is 27.8. The van der Waals surface area contributed by atoms with Gasteiger partial charge < -0.3 is 10.4 Å². The maximum absolute atomic E-state index is 12.2. The minimum atomic E-state index is -0.426. The molecular weight excluding hydrogens is 226 g/mol. The molecule has 0 aromatic heterocycles. The Bertz CT molecular complexity index is 404. The van der Waals surface area contributed by atoms with Gasteiger partial charge in [0.25, 0.3) is 5.91 Å². The molecule has 98 valence electrons. The van der Waals surface area contributed by atoms with E-state index in [1.807, 2.05) is 18.2 Å². The SMILES string of the molecule is CC1CCCC(CO)(NC(=O)c2ccccc2)C1. The van der Waals surface area contributed by atoms with Crippen molar-refractivity contribution in [2.24, 2.45) is 5.92 Å². The summed E-state index contributed by atoms with van der Waals surface area (Å²) in [5.41, 5.74) is 0.230. The number of amides is 1. The van der Waals surface area contributed by atoms with Gasteiger partial charge in [-0.05, 0) is 30.9 Å². The van der Waals surface area contributed by atoms with E-state index >= 15 is 0 Å². The van der Waals surface area contributed by atoms with Gasteiger partial charge in [-0.3, -0.25) is 4.79 Å². The summed E-state index contributed by atoms with van der Waals surface area (Å²) in [5.74, 6) is 0.473. The van der Waals surface area contributed by atoms with Crippen molar-refractivity contribution >= 4 is 5.91 Å². The van der Waals surface area contributed by atoms with E-state index < -0.39 is 5.54 Å². The Morgan fingerprint density at radius 3 is 2.78 bits per heavy atom. The molecule has 18 heavy (non-hydrogen) atoms. The monoisotopic (exact) mass is 247 g/mol. The lowest BCUT2D eigenvalue weighted by Gasteiger charge is -2.39. The largest absolute Gasteiger partial charge is 0.394 e. The minimum Gasteiger partial charge on any atom is -0.394 e. The minimum absolute atomic E-state index is 0.0237. The lowest BCUT2D eigenvalue weighted by Crippen LogP contribution is -2.53. The van der Waals surface area contributed by atoms with Gasteiger partial charge in [0.05, 0.1) is 12.1 Å². The average molecular weight is 247 g/mol. The molecule has 2 rings (SSSR count). The molecular formula is C15H21NO2. The lowest BCUT2D eigenvalue weighted by atomic mass is 9.76. The molecule has 1 aliphatic carbocycles. The number of benzene rings is 1. The van der Waals surface area contributed by atoms with Crippen LogP contribution in [0.25, 0.3) is 0 Å². The number of rotatable bonds is 3. The first-order valence-electron chi connectivity index (χ1n) is 6.64. The molecule has 2 unspecified atom stereocenters. The van der Waals surface area contributed by atoms with Crippen molar-refractivity contribution in [2.75, 3.05) is 6.61 Å². The van der Waals surface area contributed by atoms with Crippen LogP contribution >= 0.6 is 0 Å². The van der Waals surface area contributed by atoms with E-state index in [2.05, 4.69) is 12.2 Å². The summed E-state index contributed by atoms with van der Waals surface area (Å²) >= 11 is 0. The Morgan fingerprint density at radius 2 is 2.17 bits per heavy atom. The van der Waals surface area contributed by atoms with Gasteiger partial charge >= 0.3 is 0 Å². The van der Waals surface area contributed by atoms with E-state index in [0.29, 0.717) is 11.5 Å². The molecule has 0 aliphatic heterocycles. The Kier molecular flexibility index (Phi) is 4.02. The number of hydrogen-bond acceptors (Lipinski definition) is 2. The van der Waals surface area contributed by atoms with Crippen molar-refractivity contribution < 1.29 is 9.90 Å². The number of aliphatic hydroxyl groups excluding tert-OH is 1. The molecule has 0 bridgehead atoms. The highest BCUT2D eigenvalue weighted by molar-refractivity contribution is 5.94. The third-order valence-electron chi connectivity index (χ3n) is 3.81. The highest BCUT2D eigenvalue weighted by Crippen LogP contribution is 2.32.